The lowest BCUT2D eigenvalue weighted by Crippen LogP contribution is -2.06. The molecule has 0 amide bonds. The Balaban J connectivity index is 1.65. The highest BCUT2D eigenvalue weighted by Gasteiger charge is 2.08. The van der Waals surface area contributed by atoms with Gasteiger partial charge in [-0.2, -0.15) is 4.98 Å². The number of hydrogen-bond donors (Lipinski definition) is 2. The van der Waals surface area contributed by atoms with Crippen LogP contribution in [0.1, 0.15) is 5.56 Å². The molecule has 4 rings (SSSR count). The van der Waals surface area contributed by atoms with E-state index >= 15 is 0 Å². The van der Waals surface area contributed by atoms with Crippen molar-refractivity contribution in [1.82, 2.24) is 15.0 Å². The average Bonchev–Trinajstić information content (AvgIpc) is 2.75. The molecule has 2 aromatic carbocycles. The molecule has 6 heteroatoms. The van der Waals surface area contributed by atoms with Crippen molar-refractivity contribution in [2.75, 3.05) is 10.6 Å². The Hall–Kier alpha value is -3.44. The smallest absolute Gasteiger partial charge is 0.225 e. The Morgan fingerprint density at radius 2 is 1.68 bits per heavy atom. The third kappa shape index (κ3) is 4.45. The van der Waals surface area contributed by atoms with E-state index in [1.165, 1.54) is 0 Å². The van der Waals surface area contributed by atoms with Crippen LogP contribution in [0.2, 0.25) is 5.02 Å². The third-order valence-corrected chi connectivity index (χ3v) is 4.44. The van der Waals surface area contributed by atoms with Crippen LogP contribution >= 0.6 is 11.6 Å². The van der Waals surface area contributed by atoms with Crippen LogP contribution in [0.3, 0.4) is 0 Å². The largest absolute Gasteiger partial charge is 0.350 e. The van der Waals surface area contributed by atoms with Crippen molar-refractivity contribution in [3.63, 3.8) is 0 Å². The fourth-order valence-electron chi connectivity index (χ4n) is 2.73. The van der Waals surface area contributed by atoms with Crippen molar-refractivity contribution >= 4 is 29.1 Å². The first-order chi connectivity index (χ1) is 13.8. The van der Waals surface area contributed by atoms with Gasteiger partial charge in [-0.3, -0.25) is 4.98 Å². The maximum Gasteiger partial charge on any atom is 0.225 e. The standard InChI is InChI=1S/C22H18ClN5/c23-18-10-4-5-11-19(18)26-21-13-20(17-8-2-1-3-9-17)27-22(28-21)25-15-16-7-6-12-24-14-16/h1-14H,15H2,(H2,25,26,27,28). The lowest BCUT2D eigenvalue weighted by Gasteiger charge is -2.12. The highest BCUT2D eigenvalue weighted by atomic mass is 35.5. The first kappa shape index (κ1) is 17.9. The number of nitrogens with one attached hydrogen (secondary N) is 2. The van der Waals surface area contributed by atoms with Crippen LogP contribution in [0, 0.1) is 0 Å². The maximum absolute atomic E-state index is 6.28. The van der Waals surface area contributed by atoms with Gasteiger partial charge in [0.1, 0.15) is 5.82 Å². The zero-order valence-corrected chi connectivity index (χ0v) is 15.8. The SMILES string of the molecule is Clc1ccccc1Nc1cc(-c2ccccc2)nc(NCc2cccnc2)n1. The number of hydrogen-bond acceptors (Lipinski definition) is 5. The number of pyridine rings is 1. The lowest BCUT2D eigenvalue weighted by molar-refractivity contribution is 1.04. The number of nitrogens with zero attached hydrogens (tertiary/aromatic N) is 3. The van der Waals surface area contributed by atoms with Crippen molar-refractivity contribution in [3.05, 3.63) is 95.8 Å². The molecule has 2 N–H and O–H groups in total. The first-order valence-corrected chi connectivity index (χ1v) is 9.24. The van der Waals surface area contributed by atoms with Gasteiger partial charge in [-0.25, -0.2) is 4.98 Å². The maximum atomic E-state index is 6.28. The lowest BCUT2D eigenvalue weighted by atomic mass is 10.1. The van der Waals surface area contributed by atoms with Crippen LogP contribution in [0.25, 0.3) is 11.3 Å². The quantitative estimate of drug-likeness (QED) is 0.454. The Morgan fingerprint density at radius 3 is 2.46 bits per heavy atom. The topological polar surface area (TPSA) is 62.7 Å². The Labute approximate surface area is 168 Å². The fourth-order valence-corrected chi connectivity index (χ4v) is 2.91. The van der Waals surface area contributed by atoms with E-state index in [0.717, 1.165) is 22.5 Å². The minimum Gasteiger partial charge on any atom is -0.350 e. The van der Waals surface area contributed by atoms with E-state index in [2.05, 4.69) is 25.6 Å². The normalized spacial score (nSPS) is 10.5. The van der Waals surface area contributed by atoms with E-state index in [9.17, 15) is 0 Å². The van der Waals surface area contributed by atoms with Crippen molar-refractivity contribution < 1.29 is 0 Å². The molecule has 0 radical (unpaired) electrons. The van der Waals surface area contributed by atoms with E-state index in [4.69, 9.17) is 11.6 Å². The van der Waals surface area contributed by atoms with Crippen LogP contribution < -0.4 is 10.6 Å². The summed E-state index contributed by atoms with van der Waals surface area (Å²) in [7, 11) is 0. The Bertz CT molecular complexity index is 1050. The Kier molecular flexibility index (Phi) is 5.45. The minimum absolute atomic E-state index is 0.528. The molecule has 0 unspecified atom stereocenters. The highest BCUT2D eigenvalue weighted by Crippen LogP contribution is 2.27. The van der Waals surface area contributed by atoms with E-state index in [1.807, 2.05) is 79.0 Å². The monoisotopic (exact) mass is 387 g/mol. The van der Waals surface area contributed by atoms with Crippen LogP contribution in [0.15, 0.2) is 85.2 Å². The summed E-state index contributed by atoms with van der Waals surface area (Å²) in [6.45, 7) is 0.581. The number of aromatic nitrogens is 3. The van der Waals surface area contributed by atoms with E-state index in [-0.39, 0.29) is 0 Å². The van der Waals surface area contributed by atoms with Crippen LogP contribution in [0.5, 0.6) is 0 Å². The predicted octanol–water partition coefficient (Wildman–Crippen LogP) is 5.55. The summed E-state index contributed by atoms with van der Waals surface area (Å²) >= 11 is 6.28. The second-order valence-corrected chi connectivity index (χ2v) is 6.55. The van der Waals surface area contributed by atoms with Gasteiger partial charge in [-0.1, -0.05) is 60.1 Å². The van der Waals surface area contributed by atoms with Gasteiger partial charge in [0.2, 0.25) is 5.95 Å². The molecule has 0 saturated carbocycles. The van der Waals surface area contributed by atoms with Gasteiger partial charge in [-0.15, -0.1) is 0 Å². The van der Waals surface area contributed by atoms with Gasteiger partial charge >= 0.3 is 0 Å². The van der Waals surface area contributed by atoms with Crippen molar-refractivity contribution in [3.8, 4) is 11.3 Å². The van der Waals surface area contributed by atoms with Crippen LogP contribution in [-0.4, -0.2) is 15.0 Å². The van der Waals surface area contributed by atoms with Gasteiger partial charge in [-0.05, 0) is 23.8 Å². The molecular weight excluding hydrogens is 370 g/mol. The summed E-state index contributed by atoms with van der Waals surface area (Å²) in [4.78, 5) is 13.4. The molecule has 0 aliphatic heterocycles. The zero-order valence-electron chi connectivity index (χ0n) is 15.0. The summed E-state index contributed by atoms with van der Waals surface area (Å²) in [6, 6.07) is 23.4. The predicted molar refractivity (Wildman–Crippen MR) is 114 cm³/mol. The molecule has 0 spiro atoms. The molecular formula is C22H18ClN5. The van der Waals surface area contributed by atoms with Gasteiger partial charge in [0.15, 0.2) is 0 Å². The first-order valence-electron chi connectivity index (χ1n) is 8.87. The number of para-hydroxylation sites is 1. The summed E-state index contributed by atoms with van der Waals surface area (Å²) in [6.07, 6.45) is 3.57. The van der Waals surface area contributed by atoms with E-state index in [0.29, 0.717) is 23.3 Å². The molecule has 5 nitrogen and oxygen atoms in total. The number of halogens is 1. The van der Waals surface area contributed by atoms with Gasteiger partial charge in [0.05, 0.1) is 16.4 Å². The summed E-state index contributed by atoms with van der Waals surface area (Å²) in [5, 5.41) is 7.19. The molecule has 0 aliphatic rings. The second kappa shape index (κ2) is 8.50. The third-order valence-electron chi connectivity index (χ3n) is 4.11. The average molecular weight is 388 g/mol. The zero-order chi connectivity index (χ0) is 19.2. The van der Waals surface area contributed by atoms with Gasteiger partial charge < -0.3 is 10.6 Å². The molecule has 0 bridgehead atoms. The van der Waals surface area contributed by atoms with E-state index in [1.54, 1.807) is 6.20 Å². The van der Waals surface area contributed by atoms with E-state index < -0.39 is 0 Å². The number of rotatable bonds is 6. The van der Waals surface area contributed by atoms with Crippen LogP contribution in [0.4, 0.5) is 17.5 Å². The molecule has 0 atom stereocenters. The molecule has 2 aromatic heterocycles. The summed E-state index contributed by atoms with van der Waals surface area (Å²) in [5.74, 6) is 1.19. The molecule has 28 heavy (non-hydrogen) atoms. The molecule has 138 valence electrons. The summed E-state index contributed by atoms with van der Waals surface area (Å²) < 4.78 is 0. The molecule has 0 fully saturated rings. The van der Waals surface area contributed by atoms with Crippen molar-refractivity contribution in [1.29, 1.82) is 0 Å². The van der Waals surface area contributed by atoms with Crippen molar-refractivity contribution in [2.45, 2.75) is 6.54 Å². The molecule has 4 aromatic rings. The van der Waals surface area contributed by atoms with Gasteiger partial charge in [0.25, 0.3) is 0 Å². The number of benzene rings is 2. The fraction of sp³-hybridized carbons (Fsp3) is 0.0455. The van der Waals surface area contributed by atoms with Crippen molar-refractivity contribution in [2.24, 2.45) is 0 Å². The molecule has 0 aliphatic carbocycles. The minimum atomic E-state index is 0.528. The molecule has 0 saturated heterocycles. The molecule has 2 heterocycles. The number of anilines is 3. The van der Waals surface area contributed by atoms with Gasteiger partial charge in [0, 0.05) is 30.6 Å². The summed E-state index contributed by atoms with van der Waals surface area (Å²) in [5.41, 5.74) is 3.67. The Morgan fingerprint density at radius 1 is 0.857 bits per heavy atom. The second-order valence-electron chi connectivity index (χ2n) is 6.15. The highest BCUT2D eigenvalue weighted by molar-refractivity contribution is 6.33. The van der Waals surface area contributed by atoms with Crippen LogP contribution in [-0.2, 0) is 6.54 Å².